The quantitative estimate of drug-likeness (QED) is 0.833. The maximum atomic E-state index is 12.0. The van der Waals surface area contributed by atoms with E-state index in [1.54, 1.807) is 11.5 Å². The van der Waals surface area contributed by atoms with E-state index < -0.39 is 6.10 Å². The van der Waals surface area contributed by atoms with Crippen LogP contribution in [0.5, 0.6) is 0 Å². The van der Waals surface area contributed by atoms with Gasteiger partial charge in [-0.25, -0.2) is 0 Å². The van der Waals surface area contributed by atoms with Crippen molar-refractivity contribution in [1.82, 2.24) is 14.8 Å². The van der Waals surface area contributed by atoms with Gasteiger partial charge in [-0.05, 0) is 51.2 Å². The number of hydrogen-bond acceptors (Lipinski definition) is 4. The summed E-state index contributed by atoms with van der Waals surface area (Å²) in [4.78, 5) is 12.0. The molecule has 1 aromatic carbocycles. The molecule has 0 aliphatic rings. The number of aromatic nitrogens is 3. The second-order valence-electron chi connectivity index (χ2n) is 4.55. The molecule has 0 bridgehead atoms. The lowest BCUT2D eigenvalue weighted by atomic mass is 10.2. The number of hydrogen-bond donors (Lipinski definition) is 2. The standard InChI is InChI=1S/C14H18N4O2S/c1-4-20-9(2)13(19)15-11-6-5-7-12(8-11)18-10(3)16-17-14(18)21/h5-9H,4H2,1-3H3,(H,15,19)(H,17,21)/t9-/m0/s1. The molecule has 0 saturated carbocycles. The average molecular weight is 306 g/mol. The monoisotopic (exact) mass is 306 g/mol. The second kappa shape index (κ2) is 6.64. The van der Waals surface area contributed by atoms with Gasteiger partial charge in [-0.15, -0.1) is 0 Å². The number of rotatable bonds is 5. The van der Waals surface area contributed by atoms with Gasteiger partial charge >= 0.3 is 0 Å². The van der Waals surface area contributed by atoms with E-state index in [-0.39, 0.29) is 5.91 Å². The molecule has 0 saturated heterocycles. The Balaban J connectivity index is 2.23. The highest BCUT2D eigenvalue weighted by atomic mass is 32.1. The van der Waals surface area contributed by atoms with Crippen LogP contribution >= 0.6 is 12.2 Å². The summed E-state index contributed by atoms with van der Waals surface area (Å²) in [6, 6.07) is 7.42. The summed E-state index contributed by atoms with van der Waals surface area (Å²) < 4.78 is 7.58. The summed E-state index contributed by atoms with van der Waals surface area (Å²) in [6.07, 6.45) is -0.489. The maximum Gasteiger partial charge on any atom is 0.253 e. The minimum atomic E-state index is -0.489. The third-order valence-electron chi connectivity index (χ3n) is 3.00. The van der Waals surface area contributed by atoms with Gasteiger partial charge in [0.15, 0.2) is 4.77 Å². The predicted molar refractivity (Wildman–Crippen MR) is 83.2 cm³/mol. The molecule has 0 fully saturated rings. The number of carbonyl (C=O) groups is 1. The molecule has 0 spiro atoms. The normalized spacial score (nSPS) is 12.1. The van der Waals surface area contributed by atoms with Gasteiger partial charge in [0.05, 0.1) is 5.69 Å². The molecule has 1 heterocycles. The van der Waals surface area contributed by atoms with Crippen LogP contribution in [0.2, 0.25) is 0 Å². The lowest BCUT2D eigenvalue weighted by Gasteiger charge is -2.13. The highest BCUT2D eigenvalue weighted by molar-refractivity contribution is 7.71. The van der Waals surface area contributed by atoms with Gasteiger partial charge in [0.25, 0.3) is 5.91 Å². The van der Waals surface area contributed by atoms with Gasteiger partial charge < -0.3 is 10.1 Å². The van der Waals surface area contributed by atoms with Crippen LogP contribution in [0, 0.1) is 11.7 Å². The topological polar surface area (TPSA) is 71.9 Å². The molecule has 1 atom stereocenters. The van der Waals surface area contributed by atoms with Crippen molar-refractivity contribution in [3.63, 3.8) is 0 Å². The second-order valence-corrected chi connectivity index (χ2v) is 4.94. The summed E-state index contributed by atoms with van der Waals surface area (Å²) in [5.41, 5.74) is 1.53. The first-order valence-corrected chi connectivity index (χ1v) is 7.10. The van der Waals surface area contributed by atoms with Crippen LogP contribution in [0.4, 0.5) is 5.69 Å². The molecule has 2 aromatic rings. The van der Waals surface area contributed by atoms with Crippen LogP contribution in [-0.2, 0) is 9.53 Å². The van der Waals surface area contributed by atoms with Crippen LogP contribution in [0.3, 0.4) is 0 Å². The molecular formula is C14H18N4O2S. The Hall–Kier alpha value is -1.99. The molecular weight excluding hydrogens is 288 g/mol. The summed E-state index contributed by atoms with van der Waals surface area (Å²) in [5, 5.41) is 9.64. The van der Waals surface area contributed by atoms with E-state index in [1.807, 2.05) is 38.1 Å². The number of H-pyrrole nitrogens is 1. The number of aryl methyl sites for hydroxylation is 1. The molecule has 0 radical (unpaired) electrons. The van der Waals surface area contributed by atoms with E-state index >= 15 is 0 Å². The first kappa shape index (κ1) is 15.4. The zero-order chi connectivity index (χ0) is 15.4. The number of nitrogens with zero attached hydrogens (tertiary/aromatic N) is 2. The summed E-state index contributed by atoms with van der Waals surface area (Å²) in [5.74, 6) is 0.577. The van der Waals surface area contributed by atoms with E-state index in [4.69, 9.17) is 17.0 Å². The number of amides is 1. The molecule has 0 aliphatic carbocycles. The zero-order valence-corrected chi connectivity index (χ0v) is 13.0. The van der Waals surface area contributed by atoms with Crippen molar-refractivity contribution < 1.29 is 9.53 Å². The van der Waals surface area contributed by atoms with Gasteiger partial charge in [0.1, 0.15) is 11.9 Å². The molecule has 6 nitrogen and oxygen atoms in total. The maximum absolute atomic E-state index is 12.0. The summed E-state index contributed by atoms with van der Waals surface area (Å²) in [6.45, 7) is 5.93. The number of carbonyl (C=O) groups excluding carboxylic acids is 1. The lowest BCUT2D eigenvalue weighted by Crippen LogP contribution is -2.27. The predicted octanol–water partition coefficient (Wildman–Crippen LogP) is 2.60. The van der Waals surface area contributed by atoms with E-state index in [0.29, 0.717) is 17.1 Å². The van der Waals surface area contributed by atoms with E-state index in [2.05, 4.69) is 15.5 Å². The van der Waals surface area contributed by atoms with E-state index in [0.717, 1.165) is 11.5 Å². The fourth-order valence-electron chi connectivity index (χ4n) is 1.97. The average Bonchev–Trinajstić information content (AvgIpc) is 2.78. The van der Waals surface area contributed by atoms with Gasteiger partial charge in [0.2, 0.25) is 0 Å². The number of ether oxygens (including phenoxy) is 1. The minimum absolute atomic E-state index is 0.179. The summed E-state index contributed by atoms with van der Waals surface area (Å²) >= 11 is 5.20. The van der Waals surface area contributed by atoms with Crippen molar-refractivity contribution in [3.05, 3.63) is 34.9 Å². The fraction of sp³-hybridized carbons (Fsp3) is 0.357. The smallest absolute Gasteiger partial charge is 0.253 e. The Bertz CT molecular complexity index is 692. The van der Waals surface area contributed by atoms with Crippen molar-refractivity contribution in [2.75, 3.05) is 11.9 Å². The van der Waals surface area contributed by atoms with E-state index in [9.17, 15) is 4.79 Å². The summed E-state index contributed by atoms with van der Waals surface area (Å²) in [7, 11) is 0. The molecule has 0 aliphatic heterocycles. The Labute approximate surface area is 128 Å². The molecule has 1 aromatic heterocycles. The Morgan fingerprint density at radius 3 is 2.95 bits per heavy atom. The van der Waals surface area contributed by atoms with E-state index in [1.165, 1.54) is 0 Å². The Kier molecular flexibility index (Phi) is 4.87. The number of benzene rings is 1. The third-order valence-corrected chi connectivity index (χ3v) is 3.27. The highest BCUT2D eigenvalue weighted by Gasteiger charge is 2.13. The highest BCUT2D eigenvalue weighted by Crippen LogP contribution is 2.16. The van der Waals surface area contributed by atoms with Crippen LogP contribution in [-0.4, -0.2) is 33.4 Å². The Morgan fingerprint density at radius 2 is 2.33 bits per heavy atom. The van der Waals surface area contributed by atoms with Gasteiger partial charge in [-0.2, -0.15) is 5.10 Å². The zero-order valence-electron chi connectivity index (χ0n) is 12.2. The van der Waals surface area contributed by atoms with Crippen molar-refractivity contribution in [3.8, 4) is 5.69 Å². The van der Waals surface area contributed by atoms with Crippen LogP contribution < -0.4 is 5.32 Å². The van der Waals surface area contributed by atoms with Crippen molar-refractivity contribution in [2.24, 2.45) is 0 Å². The molecule has 1 amide bonds. The SMILES string of the molecule is CCO[C@@H](C)C(=O)Nc1cccc(-n2c(C)n[nH]c2=S)c1. The van der Waals surface area contributed by atoms with Crippen molar-refractivity contribution in [2.45, 2.75) is 26.9 Å². The number of anilines is 1. The fourth-order valence-corrected chi connectivity index (χ4v) is 2.26. The molecule has 0 unspecified atom stereocenters. The van der Waals surface area contributed by atoms with Crippen LogP contribution in [0.15, 0.2) is 24.3 Å². The minimum Gasteiger partial charge on any atom is -0.369 e. The molecule has 21 heavy (non-hydrogen) atoms. The lowest BCUT2D eigenvalue weighted by molar-refractivity contribution is -0.126. The van der Waals surface area contributed by atoms with Gasteiger partial charge in [-0.3, -0.25) is 14.5 Å². The largest absolute Gasteiger partial charge is 0.369 e. The van der Waals surface area contributed by atoms with Gasteiger partial charge in [-0.1, -0.05) is 6.07 Å². The third kappa shape index (κ3) is 3.56. The molecule has 2 rings (SSSR count). The van der Waals surface area contributed by atoms with Gasteiger partial charge in [0, 0.05) is 12.3 Å². The van der Waals surface area contributed by atoms with Crippen LogP contribution in [0.1, 0.15) is 19.7 Å². The molecule has 7 heteroatoms. The molecule has 112 valence electrons. The number of aromatic amines is 1. The first-order valence-electron chi connectivity index (χ1n) is 6.70. The Morgan fingerprint density at radius 1 is 1.57 bits per heavy atom. The van der Waals surface area contributed by atoms with Crippen molar-refractivity contribution >= 4 is 23.8 Å². The number of nitrogens with one attached hydrogen (secondary N) is 2. The van der Waals surface area contributed by atoms with Crippen molar-refractivity contribution in [1.29, 1.82) is 0 Å². The van der Waals surface area contributed by atoms with Crippen LogP contribution in [0.25, 0.3) is 5.69 Å². The first-order chi connectivity index (χ1) is 10.0. The molecule has 2 N–H and O–H groups in total.